The maximum Gasteiger partial charge on any atom is 0.340 e. The number of halogens is 1. The molecule has 5 heteroatoms. The average Bonchev–Trinajstić information content (AvgIpc) is 2.55. The van der Waals surface area contributed by atoms with E-state index in [0.717, 1.165) is 0 Å². The van der Waals surface area contributed by atoms with Gasteiger partial charge in [0, 0.05) is 22.9 Å². The predicted molar refractivity (Wildman–Crippen MR) is 83.5 cm³/mol. The van der Waals surface area contributed by atoms with Gasteiger partial charge in [0.1, 0.15) is 5.82 Å². The Labute approximate surface area is 131 Å². The molecule has 0 amide bonds. The Bertz CT molecular complexity index is 926. The molecule has 0 aliphatic carbocycles. The number of carbonyl (C=O) groups is 1. The number of hydrogen-bond acceptors (Lipinski definition) is 4. The Morgan fingerprint density at radius 1 is 1.17 bits per heavy atom. The molecular formula is C18H13FO4. The van der Waals surface area contributed by atoms with Gasteiger partial charge in [0.25, 0.3) is 0 Å². The lowest BCUT2D eigenvalue weighted by molar-refractivity contribution is 0.0992. The van der Waals surface area contributed by atoms with Crippen molar-refractivity contribution in [1.82, 2.24) is 0 Å². The number of benzene rings is 2. The van der Waals surface area contributed by atoms with Gasteiger partial charge in [-0.1, -0.05) is 12.1 Å². The van der Waals surface area contributed by atoms with Crippen LogP contribution in [0.25, 0.3) is 11.0 Å². The fraction of sp³-hybridized carbons (Fsp3) is 0.111. The third kappa shape index (κ3) is 2.99. The largest absolute Gasteiger partial charge is 0.493 e. The summed E-state index contributed by atoms with van der Waals surface area (Å²) >= 11 is 0. The molecule has 0 saturated heterocycles. The van der Waals surface area contributed by atoms with Crippen LogP contribution in [0.4, 0.5) is 4.39 Å². The van der Waals surface area contributed by atoms with E-state index in [1.54, 1.807) is 24.3 Å². The van der Waals surface area contributed by atoms with E-state index in [9.17, 15) is 14.0 Å². The molecular weight excluding hydrogens is 299 g/mol. The molecule has 4 nitrogen and oxygen atoms in total. The number of methoxy groups -OCH3 is 1. The summed E-state index contributed by atoms with van der Waals surface area (Å²) in [5, 5.41) is 0.672. The molecule has 2 aromatic carbocycles. The SMILES string of the molecule is COc1cccc2cc(CC(=O)c3ccc(F)cc3)c(=O)oc12. The normalized spacial score (nSPS) is 10.7. The molecule has 0 bridgehead atoms. The first kappa shape index (κ1) is 15.0. The zero-order chi connectivity index (χ0) is 16.4. The van der Waals surface area contributed by atoms with Gasteiger partial charge < -0.3 is 9.15 Å². The molecule has 0 unspecified atom stereocenters. The first-order valence-corrected chi connectivity index (χ1v) is 6.97. The Morgan fingerprint density at radius 3 is 2.61 bits per heavy atom. The van der Waals surface area contributed by atoms with Crippen molar-refractivity contribution in [2.45, 2.75) is 6.42 Å². The van der Waals surface area contributed by atoms with Crippen molar-refractivity contribution in [2.75, 3.05) is 7.11 Å². The smallest absolute Gasteiger partial charge is 0.340 e. The molecule has 3 aromatic rings. The minimum atomic E-state index is -0.586. The Hall–Kier alpha value is -2.95. The number of ether oxygens (including phenoxy) is 1. The molecule has 1 aromatic heterocycles. The molecule has 0 saturated carbocycles. The number of fused-ring (bicyclic) bond motifs is 1. The van der Waals surface area contributed by atoms with Crippen LogP contribution in [-0.4, -0.2) is 12.9 Å². The number of carbonyl (C=O) groups excluding carboxylic acids is 1. The van der Waals surface area contributed by atoms with Crippen LogP contribution in [0, 0.1) is 5.82 Å². The topological polar surface area (TPSA) is 56.5 Å². The minimum absolute atomic E-state index is 0.110. The number of hydrogen-bond donors (Lipinski definition) is 0. The predicted octanol–water partition coefficient (Wildman–Crippen LogP) is 3.37. The van der Waals surface area contributed by atoms with Crippen LogP contribution in [0.1, 0.15) is 15.9 Å². The van der Waals surface area contributed by atoms with Crippen LogP contribution < -0.4 is 10.4 Å². The first-order chi connectivity index (χ1) is 11.1. The maximum atomic E-state index is 12.9. The summed E-state index contributed by atoms with van der Waals surface area (Å²) in [6, 6.07) is 12.0. The quantitative estimate of drug-likeness (QED) is 0.547. The standard InChI is InChI=1S/C18H13FO4/c1-22-16-4-2-3-12-9-13(18(21)23-17(12)16)10-15(20)11-5-7-14(19)8-6-11/h2-9H,10H2,1H3. The third-order valence-electron chi connectivity index (χ3n) is 3.53. The first-order valence-electron chi connectivity index (χ1n) is 6.97. The summed E-state index contributed by atoms with van der Waals surface area (Å²) in [6.45, 7) is 0. The van der Waals surface area contributed by atoms with E-state index in [1.165, 1.54) is 31.4 Å². The minimum Gasteiger partial charge on any atom is -0.493 e. The second kappa shape index (κ2) is 6.04. The van der Waals surface area contributed by atoms with E-state index in [2.05, 4.69) is 0 Å². The van der Waals surface area contributed by atoms with Crippen LogP contribution in [-0.2, 0) is 6.42 Å². The van der Waals surface area contributed by atoms with Crippen LogP contribution in [0.15, 0.2) is 57.7 Å². The van der Waals surface area contributed by atoms with Gasteiger partial charge in [-0.3, -0.25) is 4.79 Å². The highest BCUT2D eigenvalue weighted by Gasteiger charge is 2.14. The highest BCUT2D eigenvalue weighted by molar-refractivity contribution is 5.97. The Kier molecular flexibility index (Phi) is 3.93. The van der Waals surface area contributed by atoms with Gasteiger partial charge in [-0.25, -0.2) is 9.18 Å². The molecule has 1 heterocycles. The lowest BCUT2D eigenvalue weighted by atomic mass is 10.0. The number of Topliss-reactive ketones (excluding diaryl/α,β-unsaturated/α-hetero) is 1. The van der Waals surface area contributed by atoms with Gasteiger partial charge in [-0.05, 0) is 36.4 Å². The molecule has 0 N–H and O–H groups in total. The van der Waals surface area contributed by atoms with Crippen molar-refractivity contribution in [3.63, 3.8) is 0 Å². The summed E-state index contributed by atoms with van der Waals surface area (Å²) in [5.41, 5.74) is 0.354. The lowest BCUT2D eigenvalue weighted by Gasteiger charge is -2.05. The van der Waals surface area contributed by atoms with Crippen LogP contribution in [0.2, 0.25) is 0 Å². The molecule has 0 aliphatic heterocycles. The van der Waals surface area contributed by atoms with Crippen molar-refractivity contribution in [3.8, 4) is 5.75 Å². The summed E-state index contributed by atoms with van der Waals surface area (Å²) in [5.74, 6) is -0.241. The van der Waals surface area contributed by atoms with Crippen LogP contribution in [0.5, 0.6) is 5.75 Å². The zero-order valence-electron chi connectivity index (χ0n) is 12.3. The Balaban J connectivity index is 1.97. The van der Waals surface area contributed by atoms with E-state index < -0.39 is 11.4 Å². The van der Waals surface area contributed by atoms with Crippen LogP contribution >= 0.6 is 0 Å². The van der Waals surface area contributed by atoms with E-state index in [0.29, 0.717) is 22.3 Å². The summed E-state index contributed by atoms with van der Waals surface area (Å²) < 4.78 is 23.3. The van der Waals surface area contributed by atoms with Gasteiger partial charge in [0.05, 0.1) is 7.11 Å². The number of ketones is 1. The third-order valence-corrected chi connectivity index (χ3v) is 3.53. The van der Waals surface area contributed by atoms with E-state index in [1.807, 2.05) is 0 Å². The molecule has 3 rings (SSSR count). The average molecular weight is 312 g/mol. The van der Waals surface area contributed by atoms with E-state index in [4.69, 9.17) is 9.15 Å². The molecule has 23 heavy (non-hydrogen) atoms. The van der Waals surface area contributed by atoms with Gasteiger partial charge in [0.15, 0.2) is 17.1 Å². The van der Waals surface area contributed by atoms with Gasteiger partial charge in [-0.2, -0.15) is 0 Å². The van der Waals surface area contributed by atoms with Crippen molar-refractivity contribution >= 4 is 16.8 Å². The van der Waals surface area contributed by atoms with Crippen molar-refractivity contribution in [2.24, 2.45) is 0 Å². The summed E-state index contributed by atoms with van der Waals surface area (Å²) in [4.78, 5) is 24.3. The second-order valence-corrected chi connectivity index (χ2v) is 5.04. The van der Waals surface area contributed by atoms with Gasteiger partial charge in [0.2, 0.25) is 0 Å². The highest BCUT2D eigenvalue weighted by atomic mass is 19.1. The zero-order valence-corrected chi connectivity index (χ0v) is 12.3. The fourth-order valence-corrected chi connectivity index (χ4v) is 2.36. The summed E-state index contributed by atoms with van der Waals surface area (Å²) in [6.07, 6.45) is -0.110. The molecule has 0 fully saturated rings. The van der Waals surface area contributed by atoms with Crippen molar-refractivity contribution in [3.05, 3.63) is 75.9 Å². The van der Waals surface area contributed by atoms with Crippen molar-refractivity contribution < 1.29 is 18.3 Å². The fourth-order valence-electron chi connectivity index (χ4n) is 2.36. The van der Waals surface area contributed by atoms with E-state index >= 15 is 0 Å². The molecule has 0 spiro atoms. The maximum absolute atomic E-state index is 12.9. The molecule has 0 atom stereocenters. The summed E-state index contributed by atoms with van der Waals surface area (Å²) in [7, 11) is 1.49. The molecule has 0 radical (unpaired) electrons. The second-order valence-electron chi connectivity index (χ2n) is 5.04. The monoisotopic (exact) mass is 312 g/mol. The number of para-hydroxylation sites is 1. The molecule has 116 valence electrons. The lowest BCUT2D eigenvalue weighted by Crippen LogP contribution is -2.13. The van der Waals surface area contributed by atoms with Crippen LogP contribution in [0.3, 0.4) is 0 Å². The highest BCUT2D eigenvalue weighted by Crippen LogP contribution is 2.24. The van der Waals surface area contributed by atoms with E-state index in [-0.39, 0.29) is 17.8 Å². The van der Waals surface area contributed by atoms with Crippen molar-refractivity contribution in [1.29, 1.82) is 0 Å². The Morgan fingerprint density at radius 2 is 1.91 bits per heavy atom. The molecule has 0 aliphatic rings. The van der Waals surface area contributed by atoms with Gasteiger partial charge >= 0.3 is 5.63 Å². The number of rotatable bonds is 4. The van der Waals surface area contributed by atoms with Gasteiger partial charge in [-0.15, -0.1) is 0 Å².